The van der Waals surface area contributed by atoms with Crippen LogP contribution in [0.1, 0.15) is 32.6 Å². The van der Waals surface area contributed by atoms with Crippen LogP contribution in [-0.4, -0.2) is 30.6 Å². The van der Waals surface area contributed by atoms with Crippen LogP contribution in [0, 0.1) is 5.92 Å². The van der Waals surface area contributed by atoms with Crippen LogP contribution in [0.4, 0.5) is 0 Å². The predicted octanol–water partition coefficient (Wildman–Crippen LogP) is 1.07. The lowest BCUT2D eigenvalue weighted by atomic mass is 9.87. The maximum atomic E-state index is 10.5. The number of hydrogen-bond donors (Lipinski definition) is 1. The van der Waals surface area contributed by atoms with Gasteiger partial charge in [0.2, 0.25) is 0 Å². The van der Waals surface area contributed by atoms with E-state index in [-0.39, 0.29) is 31.4 Å². The topological polar surface area (TPSA) is 55.8 Å². The number of aliphatic hydroxyl groups excluding tert-OH is 1. The normalized spacial score (nSPS) is 27.3. The molecule has 2 unspecified atom stereocenters. The van der Waals surface area contributed by atoms with Crippen LogP contribution < -0.4 is 0 Å². The van der Waals surface area contributed by atoms with Gasteiger partial charge in [0.25, 0.3) is 0 Å². The van der Waals surface area contributed by atoms with E-state index in [0.717, 1.165) is 25.7 Å². The zero-order valence-electron chi connectivity index (χ0n) is 8.57. The molecule has 0 aromatic rings. The Morgan fingerprint density at radius 3 is 2.79 bits per heavy atom. The van der Waals surface area contributed by atoms with Crippen LogP contribution in [0.2, 0.25) is 0 Å². The van der Waals surface area contributed by atoms with Gasteiger partial charge < -0.3 is 14.6 Å². The molecule has 1 saturated carbocycles. The Bertz CT molecular complexity index is 181. The summed E-state index contributed by atoms with van der Waals surface area (Å²) in [6.45, 7) is 1.52. The molecule has 0 aliphatic heterocycles. The van der Waals surface area contributed by atoms with E-state index in [1.165, 1.54) is 6.92 Å². The van der Waals surface area contributed by atoms with Gasteiger partial charge in [-0.2, -0.15) is 0 Å². The second-order valence-corrected chi connectivity index (χ2v) is 3.69. The van der Waals surface area contributed by atoms with Crippen LogP contribution >= 0.6 is 0 Å². The second kappa shape index (κ2) is 5.98. The monoisotopic (exact) mass is 202 g/mol. The van der Waals surface area contributed by atoms with Gasteiger partial charge in [0.1, 0.15) is 0 Å². The molecule has 4 heteroatoms. The van der Waals surface area contributed by atoms with E-state index in [0.29, 0.717) is 0 Å². The summed E-state index contributed by atoms with van der Waals surface area (Å²) in [5, 5.41) is 9.08. The van der Waals surface area contributed by atoms with Gasteiger partial charge in [0, 0.05) is 19.4 Å². The molecule has 1 N–H and O–H groups in total. The molecule has 4 nitrogen and oxygen atoms in total. The van der Waals surface area contributed by atoms with Crippen molar-refractivity contribution in [2.24, 2.45) is 5.92 Å². The Hall–Kier alpha value is -0.610. The Morgan fingerprint density at radius 1 is 1.43 bits per heavy atom. The Morgan fingerprint density at radius 2 is 2.14 bits per heavy atom. The summed E-state index contributed by atoms with van der Waals surface area (Å²) in [6.07, 6.45) is 4.28. The predicted molar refractivity (Wildman–Crippen MR) is 50.5 cm³/mol. The SMILES string of the molecule is CC(=O)OCOC1CCCCC1CO. The average molecular weight is 202 g/mol. The third kappa shape index (κ3) is 3.64. The fraction of sp³-hybridized carbons (Fsp3) is 0.900. The molecule has 2 atom stereocenters. The van der Waals surface area contributed by atoms with Gasteiger partial charge in [-0.3, -0.25) is 4.79 Å². The summed E-state index contributed by atoms with van der Waals surface area (Å²) < 4.78 is 10.1. The molecule has 1 fully saturated rings. The number of carbonyl (C=O) groups excluding carboxylic acids is 1. The summed E-state index contributed by atoms with van der Waals surface area (Å²) in [6, 6.07) is 0. The number of aliphatic hydroxyl groups is 1. The summed E-state index contributed by atoms with van der Waals surface area (Å²) in [5.74, 6) is -0.124. The summed E-state index contributed by atoms with van der Waals surface area (Å²) in [7, 11) is 0. The molecule has 0 amide bonds. The lowest BCUT2D eigenvalue weighted by Crippen LogP contribution is -2.31. The largest absolute Gasteiger partial charge is 0.439 e. The third-order valence-electron chi connectivity index (χ3n) is 2.62. The zero-order chi connectivity index (χ0) is 10.4. The lowest BCUT2D eigenvalue weighted by molar-refractivity contribution is -0.163. The van der Waals surface area contributed by atoms with Crippen LogP contribution in [-0.2, 0) is 14.3 Å². The summed E-state index contributed by atoms with van der Waals surface area (Å²) in [4.78, 5) is 10.5. The second-order valence-electron chi connectivity index (χ2n) is 3.69. The van der Waals surface area contributed by atoms with Crippen molar-refractivity contribution in [2.45, 2.75) is 38.7 Å². The molecule has 0 spiro atoms. The van der Waals surface area contributed by atoms with Gasteiger partial charge in [-0.1, -0.05) is 12.8 Å². The molecule has 82 valence electrons. The third-order valence-corrected chi connectivity index (χ3v) is 2.62. The smallest absolute Gasteiger partial charge is 0.304 e. The van der Waals surface area contributed by atoms with Crippen LogP contribution in [0.3, 0.4) is 0 Å². The molecule has 1 aliphatic rings. The Labute approximate surface area is 84.2 Å². The first-order valence-electron chi connectivity index (χ1n) is 5.10. The number of hydrogen-bond acceptors (Lipinski definition) is 4. The highest BCUT2D eigenvalue weighted by molar-refractivity contribution is 5.65. The summed E-state index contributed by atoms with van der Waals surface area (Å²) in [5.41, 5.74) is 0. The highest BCUT2D eigenvalue weighted by Crippen LogP contribution is 2.26. The number of rotatable bonds is 4. The van der Waals surface area contributed by atoms with Gasteiger partial charge in [-0.15, -0.1) is 0 Å². The van der Waals surface area contributed by atoms with E-state index in [4.69, 9.17) is 14.6 Å². The fourth-order valence-corrected chi connectivity index (χ4v) is 1.81. The van der Waals surface area contributed by atoms with Gasteiger partial charge in [0.05, 0.1) is 6.10 Å². The van der Waals surface area contributed by atoms with Crippen molar-refractivity contribution < 1.29 is 19.4 Å². The minimum Gasteiger partial charge on any atom is -0.439 e. The van der Waals surface area contributed by atoms with E-state index in [1.807, 2.05) is 0 Å². The van der Waals surface area contributed by atoms with Gasteiger partial charge >= 0.3 is 5.97 Å². The summed E-state index contributed by atoms with van der Waals surface area (Å²) >= 11 is 0. The maximum absolute atomic E-state index is 10.5. The molecule has 1 rings (SSSR count). The Kier molecular flexibility index (Phi) is 4.90. The van der Waals surface area contributed by atoms with Gasteiger partial charge in [0.15, 0.2) is 6.79 Å². The highest BCUT2D eigenvalue weighted by atomic mass is 16.7. The van der Waals surface area contributed by atoms with Crippen molar-refractivity contribution in [3.05, 3.63) is 0 Å². The molecular weight excluding hydrogens is 184 g/mol. The van der Waals surface area contributed by atoms with E-state index in [2.05, 4.69) is 0 Å². The molecule has 0 bridgehead atoms. The minimum atomic E-state index is -0.332. The molecule has 14 heavy (non-hydrogen) atoms. The zero-order valence-corrected chi connectivity index (χ0v) is 8.57. The standard InChI is InChI=1S/C10H18O4/c1-8(12)13-7-14-10-5-3-2-4-9(10)6-11/h9-11H,2-7H2,1H3. The van der Waals surface area contributed by atoms with Gasteiger partial charge in [-0.05, 0) is 12.8 Å². The average Bonchev–Trinajstić information content (AvgIpc) is 2.18. The Balaban J connectivity index is 2.22. The molecular formula is C10H18O4. The van der Waals surface area contributed by atoms with Crippen molar-refractivity contribution in [1.82, 2.24) is 0 Å². The molecule has 0 saturated heterocycles. The maximum Gasteiger partial charge on any atom is 0.304 e. The quantitative estimate of drug-likeness (QED) is 0.547. The van der Waals surface area contributed by atoms with Crippen molar-refractivity contribution in [3.8, 4) is 0 Å². The minimum absolute atomic E-state index is 0.0104. The number of carbonyl (C=O) groups is 1. The van der Waals surface area contributed by atoms with Crippen LogP contribution in [0.25, 0.3) is 0 Å². The first-order valence-corrected chi connectivity index (χ1v) is 5.10. The van der Waals surface area contributed by atoms with Crippen molar-refractivity contribution in [1.29, 1.82) is 0 Å². The highest BCUT2D eigenvalue weighted by Gasteiger charge is 2.25. The van der Waals surface area contributed by atoms with E-state index >= 15 is 0 Å². The van der Waals surface area contributed by atoms with Crippen molar-refractivity contribution in [2.75, 3.05) is 13.4 Å². The lowest BCUT2D eigenvalue weighted by Gasteiger charge is -2.29. The molecule has 0 radical (unpaired) electrons. The van der Waals surface area contributed by atoms with E-state index < -0.39 is 0 Å². The van der Waals surface area contributed by atoms with Crippen molar-refractivity contribution >= 4 is 5.97 Å². The van der Waals surface area contributed by atoms with Gasteiger partial charge in [-0.25, -0.2) is 0 Å². The first-order chi connectivity index (χ1) is 6.74. The number of esters is 1. The fourth-order valence-electron chi connectivity index (χ4n) is 1.81. The molecule has 1 aliphatic carbocycles. The molecule has 0 aromatic carbocycles. The molecule has 0 aromatic heterocycles. The van der Waals surface area contributed by atoms with E-state index in [1.54, 1.807) is 0 Å². The first kappa shape index (κ1) is 11.5. The van der Waals surface area contributed by atoms with E-state index in [9.17, 15) is 4.79 Å². The van der Waals surface area contributed by atoms with Crippen LogP contribution in [0.15, 0.2) is 0 Å². The molecule has 0 heterocycles. The number of ether oxygens (including phenoxy) is 2. The van der Waals surface area contributed by atoms with Crippen molar-refractivity contribution in [3.63, 3.8) is 0 Å². The van der Waals surface area contributed by atoms with Crippen LogP contribution in [0.5, 0.6) is 0 Å².